The van der Waals surface area contributed by atoms with Gasteiger partial charge >= 0.3 is 0 Å². The SMILES string of the molecule is Cc1ccc(N=C(N)C2CCCCC2)c(F)c1. The lowest BCUT2D eigenvalue weighted by Crippen LogP contribution is -2.25. The van der Waals surface area contributed by atoms with Gasteiger partial charge in [-0.1, -0.05) is 25.3 Å². The van der Waals surface area contributed by atoms with Gasteiger partial charge in [-0.15, -0.1) is 0 Å². The number of hydrogen-bond donors (Lipinski definition) is 1. The Hall–Kier alpha value is -1.38. The van der Waals surface area contributed by atoms with Crippen molar-refractivity contribution in [3.63, 3.8) is 0 Å². The number of nitrogens with two attached hydrogens (primary N) is 1. The van der Waals surface area contributed by atoms with Crippen molar-refractivity contribution in [1.29, 1.82) is 0 Å². The number of hydrogen-bond acceptors (Lipinski definition) is 1. The lowest BCUT2D eigenvalue weighted by atomic mass is 9.88. The van der Waals surface area contributed by atoms with E-state index in [1.807, 2.05) is 13.0 Å². The molecule has 0 radical (unpaired) electrons. The van der Waals surface area contributed by atoms with Crippen LogP contribution in [0.5, 0.6) is 0 Å². The monoisotopic (exact) mass is 234 g/mol. The summed E-state index contributed by atoms with van der Waals surface area (Å²) in [7, 11) is 0. The first-order chi connectivity index (χ1) is 8.16. The predicted octanol–water partition coefficient (Wildman–Crippen LogP) is 3.70. The Morgan fingerprint density at radius 2 is 2.00 bits per heavy atom. The van der Waals surface area contributed by atoms with E-state index in [-0.39, 0.29) is 5.82 Å². The molecule has 92 valence electrons. The van der Waals surface area contributed by atoms with Crippen LogP contribution in [0, 0.1) is 18.7 Å². The molecule has 17 heavy (non-hydrogen) atoms. The van der Waals surface area contributed by atoms with Crippen LogP contribution in [0.2, 0.25) is 0 Å². The molecule has 0 unspecified atom stereocenters. The first-order valence-corrected chi connectivity index (χ1v) is 6.27. The molecule has 2 N–H and O–H groups in total. The third-order valence-corrected chi connectivity index (χ3v) is 3.38. The average Bonchev–Trinajstić information content (AvgIpc) is 2.34. The van der Waals surface area contributed by atoms with Crippen molar-refractivity contribution >= 4 is 11.5 Å². The molecule has 0 bridgehead atoms. The molecule has 0 heterocycles. The third kappa shape index (κ3) is 3.05. The summed E-state index contributed by atoms with van der Waals surface area (Å²) in [6, 6.07) is 5.05. The van der Waals surface area contributed by atoms with E-state index in [1.165, 1.54) is 25.3 Å². The molecule has 1 fully saturated rings. The zero-order valence-electron chi connectivity index (χ0n) is 10.2. The summed E-state index contributed by atoms with van der Waals surface area (Å²) in [4.78, 5) is 4.24. The van der Waals surface area contributed by atoms with Gasteiger partial charge in [-0.3, -0.25) is 0 Å². The summed E-state index contributed by atoms with van der Waals surface area (Å²) < 4.78 is 13.6. The maximum absolute atomic E-state index is 13.6. The fourth-order valence-electron chi connectivity index (χ4n) is 2.33. The molecule has 0 spiro atoms. The van der Waals surface area contributed by atoms with Gasteiger partial charge in [-0.2, -0.15) is 0 Å². The number of rotatable bonds is 2. The molecule has 3 heteroatoms. The van der Waals surface area contributed by atoms with Crippen molar-refractivity contribution in [3.05, 3.63) is 29.6 Å². The first kappa shape index (κ1) is 12.1. The van der Waals surface area contributed by atoms with Crippen molar-refractivity contribution in [2.75, 3.05) is 0 Å². The van der Waals surface area contributed by atoms with Crippen molar-refractivity contribution < 1.29 is 4.39 Å². The van der Waals surface area contributed by atoms with Gasteiger partial charge in [0, 0.05) is 5.92 Å². The second-order valence-electron chi connectivity index (χ2n) is 4.83. The molecule has 1 aromatic rings. The number of halogens is 1. The van der Waals surface area contributed by atoms with E-state index in [4.69, 9.17) is 5.73 Å². The Kier molecular flexibility index (Phi) is 3.77. The molecule has 0 amide bonds. The lowest BCUT2D eigenvalue weighted by molar-refractivity contribution is 0.437. The van der Waals surface area contributed by atoms with E-state index in [0.717, 1.165) is 18.4 Å². The fraction of sp³-hybridized carbons (Fsp3) is 0.500. The van der Waals surface area contributed by atoms with Crippen LogP contribution in [0.25, 0.3) is 0 Å². The maximum atomic E-state index is 13.6. The van der Waals surface area contributed by atoms with Crippen LogP contribution >= 0.6 is 0 Å². The van der Waals surface area contributed by atoms with Crippen molar-refractivity contribution in [2.24, 2.45) is 16.6 Å². The van der Waals surface area contributed by atoms with Crippen LogP contribution in [0.3, 0.4) is 0 Å². The van der Waals surface area contributed by atoms with E-state index in [9.17, 15) is 4.39 Å². The molecular formula is C14H19FN2. The Morgan fingerprint density at radius 3 is 2.65 bits per heavy atom. The van der Waals surface area contributed by atoms with Gasteiger partial charge in [0.1, 0.15) is 17.3 Å². The van der Waals surface area contributed by atoms with Crippen LogP contribution in [0.15, 0.2) is 23.2 Å². The number of amidine groups is 1. The van der Waals surface area contributed by atoms with Gasteiger partial charge in [-0.05, 0) is 37.5 Å². The second-order valence-corrected chi connectivity index (χ2v) is 4.83. The molecule has 1 aromatic carbocycles. The highest BCUT2D eigenvalue weighted by Gasteiger charge is 2.17. The predicted molar refractivity (Wildman–Crippen MR) is 69.0 cm³/mol. The van der Waals surface area contributed by atoms with Crippen LogP contribution in [0.4, 0.5) is 10.1 Å². The van der Waals surface area contributed by atoms with Gasteiger partial charge in [0.05, 0.1) is 0 Å². The normalized spacial score (nSPS) is 18.4. The van der Waals surface area contributed by atoms with Crippen LogP contribution in [0.1, 0.15) is 37.7 Å². The minimum absolute atomic E-state index is 0.288. The molecule has 0 saturated heterocycles. The van der Waals surface area contributed by atoms with Gasteiger partial charge < -0.3 is 5.73 Å². The third-order valence-electron chi connectivity index (χ3n) is 3.38. The van der Waals surface area contributed by atoms with E-state index in [2.05, 4.69) is 4.99 Å². The minimum Gasteiger partial charge on any atom is -0.387 e. The standard InChI is InChI=1S/C14H19FN2/c1-10-7-8-13(12(15)9-10)17-14(16)11-5-3-2-4-6-11/h7-9,11H,2-6H2,1H3,(H2,16,17). The highest BCUT2D eigenvalue weighted by atomic mass is 19.1. The number of aryl methyl sites for hydroxylation is 1. The summed E-state index contributed by atoms with van der Waals surface area (Å²) >= 11 is 0. The van der Waals surface area contributed by atoms with Crippen molar-refractivity contribution in [1.82, 2.24) is 0 Å². The second kappa shape index (κ2) is 5.30. The van der Waals surface area contributed by atoms with E-state index < -0.39 is 0 Å². The van der Waals surface area contributed by atoms with Gasteiger partial charge in [0.25, 0.3) is 0 Å². The quantitative estimate of drug-likeness (QED) is 0.615. The molecule has 0 aromatic heterocycles. The number of nitrogens with zero attached hydrogens (tertiary/aromatic N) is 1. The topological polar surface area (TPSA) is 38.4 Å². The average molecular weight is 234 g/mol. The Morgan fingerprint density at radius 1 is 1.29 bits per heavy atom. The molecule has 2 rings (SSSR count). The summed E-state index contributed by atoms with van der Waals surface area (Å²) in [5.41, 5.74) is 7.23. The molecule has 1 saturated carbocycles. The summed E-state index contributed by atoms with van der Waals surface area (Å²) in [6.07, 6.45) is 5.86. The van der Waals surface area contributed by atoms with Gasteiger partial charge in [0.2, 0.25) is 0 Å². The minimum atomic E-state index is -0.288. The summed E-state index contributed by atoms with van der Waals surface area (Å²) in [5, 5.41) is 0. The fourth-order valence-corrected chi connectivity index (χ4v) is 2.33. The van der Waals surface area contributed by atoms with Crippen molar-refractivity contribution in [3.8, 4) is 0 Å². The Labute approximate surface area is 102 Å². The van der Waals surface area contributed by atoms with Gasteiger partial charge in [0.15, 0.2) is 0 Å². The summed E-state index contributed by atoms with van der Waals surface area (Å²) in [6.45, 7) is 1.86. The zero-order chi connectivity index (χ0) is 12.3. The maximum Gasteiger partial charge on any atom is 0.149 e. The highest BCUT2D eigenvalue weighted by molar-refractivity contribution is 5.85. The molecule has 0 aliphatic heterocycles. The number of benzene rings is 1. The zero-order valence-corrected chi connectivity index (χ0v) is 10.2. The molecule has 1 aliphatic carbocycles. The van der Waals surface area contributed by atoms with Gasteiger partial charge in [-0.25, -0.2) is 9.38 Å². The van der Waals surface area contributed by atoms with Crippen LogP contribution in [-0.4, -0.2) is 5.84 Å². The molecular weight excluding hydrogens is 215 g/mol. The Balaban J connectivity index is 2.16. The van der Waals surface area contributed by atoms with E-state index in [0.29, 0.717) is 17.4 Å². The largest absolute Gasteiger partial charge is 0.387 e. The Bertz CT molecular complexity index is 420. The van der Waals surface area contributed by atoms with E-state index in [1.54, 1.807) is 6.07 Å². The molecule has 0 atom stereocenters. The van der Waals surface area contributed by atoms with E-state index >= 15 is 0 Å². The van der Waals surface area contributed by atoms with Crippen molar-refractivity contribution in [2.45, 2.75) is 39.0 Å². The summed E-state index contributed by atoms with van der Waals surface area (Å²) in [5.74, 6) is 0.640. The van der Waals surface area contributed by atoms with Crippen LogP contribution < -0.4 is 5.73 Å². The highest BCUT2D eigenvalue weighted by Crippen LogP contribution is 2.26. The van der Waals surface area contributed by atoms with Crippen LogP contribution in [-0.2, 0) is 0 Å². The smallest absolute Gasteiger partial charge is 0.149 e. The lowest BCUT2D eigenvalue weighted by Gasteiger charge is -2.20. The molecule has 1 aliphatic rings. The number of aliphatic imine (C=N–C) groups is 1. The molecule has 2 nitrogen and oxygen atoms in total. The first-order valence-electron chi connectivity index (χ1n) is 6.27.